The van der Waals surface area contributed by atoms with E-state index in [4.69, 9.17) is 0 Å². The van der Waals surface area contributed by atoms with E-state index >= 15 is 0 Å². The van der Waals surface area contributed by atoms with Crippen LogP contribution in [-0.2, 0) is 0 Å². The zero-order chi connectivity index (χ0) is 29.3. The molecule has 0 saturated heterocycles. The van der Waals surface area contributed by atoms with Gasteiger partial charge in [0.05, 0.1) is 11.0 Å². The fourth-order valence-electron chi connectivity index (χ4n) is 6.09. The molecule has 0 N–H and O–H groups in total. The van der Waals surface area contributed by atoms with Gasteiger partial charge in [0.2, 0.25) is 0 Å². The lowest BCUT2D eigenvalue weighted by molar-refractivity contribution is 1.17. The predicted octanol–water partition coefficient (Wildman–Crippen LogP) is 10.4. The molecule has 0 aliphatic heterocycles. The Hall–Kier alpha value is -6.00. The van der Waals surface area contributed by atoms with Crippen LogP contribution < -0.4 is 4.90 Å². The number of hydrogen-bond acceptors (Lipinski definition) is 3. The van der Waals surface area contributed by atoms with E-state index in [2.05, 4.69) is 171 Å². The third kappa shape index (κ3) is 4.59. The van der Waals surface area contributed by atoms with Crippen molar-refractivity contribution in [1.29, 1.82) is 0 Å². The molecule has 0 aliphatic rings. The number of hydrogen-bond donors (Lipinski definition) is 0. The Morgan fingerprint density at radius 1 is 0.409 bits per heavy atom. The highest BCUT2D eigenvalue weighted by atomic mass is 15.1. The second-order valence-electron chi connectivity index (χ2n) is 10.8. The highest BCUT2D eigenvalue weighted by Gasteiger charge is 2.17. The Kier molecular flexibility index (Phi) is 6.43. The summed E-state index contributed by atoms with van der Waals surface area (Å²) in [5.41, 5.74) is 11.3. The fourth-order valence-corrected chi connectivity index (χ4v) is 6.09. The minimum absolute atomic E-state index is 1.01. The van der Waals surface area contributed by atoms with Crippen LogP contribution in [0.25, 0.3) is 49.7 Å². The zero-order valence-electron chi connectivity index (χ0n) is 24.0. The van der Waals surface area contributed by atoms with Gasteiger partial charge in [-0.15, -0.1) is 0 Å². The summed E-state index contributed by atoms with van der Waals surface area (Å²) in [6, 6.07) is 54.0. The van der Waals surface area contributed by atoms with E-state index in [0.717, 1.165) is 33.9 Å². The van der Waals surface area contributed by atoms with Crippen LogP contribution in [0.15, 0.2) is 170 Å². The lowest BCUT2D eigenvalue weighted by Gasteiger charge is -2.25. The zero-order valence-corrected chi connectivity index (χ0v) is 24.0. The van der Waals surface area contributed by atoms with Crippen LogP contribution in [0.3, 0.4) is 0 Å². The van der Waals surface area contributed by atoms with E-state index in [0.29, 0.717) is 0 Å². The van der Waals surface area contributed by atoms with Gasteiger partial charge in [0.15, 0.2) is 0 Å². The highest BCUT2D eigenvalue weighted by Crippen LogP contribution is 2.39. The number of aromatic nitrogens is 3. The molecule has 44 heavy (non-hydrogen) atoms. The molecular weight excluding hydrogens is 536 g/mol. The van der Waals surface area contributed by atoms with Crippen LogP contribution in [0.2, 0.25) is 0 Å². The molecule has 4 nitrogen and oxygen atoms in total. The number of nitrogens with zero attached hydrogens (tertiary/aromatic N) is 4. The van der Waals surface area contributed by atoms with Crippen LogP contribution >= 0.6 is 0 Å². The average Bonchev–Trinajstić information content (AvgIpc) is 3.44. The SMILES string of the molecule is c1ccc(N(c2ccccc2)c2ccc3c(c2)c2ccccc2n3-c2ccc(-c3ccc(-c4cncnc4)cc3)cc2)cc1. The number of anilines is 3. The Balaban J connectivity index is 1.20. The monoisotopic (exact) mass is 564 g/mol. The van der Waals surface area contributed by atoms with Crippen LogP contribution in [0.1, 0.15) is 0 Å². The maximum absolute atomic E-state index is 4.14. The van der Waals surface area contributed by atoms with Crippen LogP contribution in [0.4, 0.5) is 17.1 Å². The van der Waals surface area contributed by atoms with Crippen molar-refractivity contribution in [2.24, 2.45) is 0 Å². The Labute approximate surface area is 256 Å². The van der Waals surface area contributed by atoms with Crippen molar-refractivity contribution < 1.29 is 0 Å². The maximum Gasteiger partial charge on any atom is 0.115 e. The number of benzene rings is 6. The van der Waals surface area contributed by atoms with E-state index in [1.807, 2.05) is 12.4 Å². The largest absolute Gasteiger partial charge is 0.310 e. The topological polar surface area (TPSA) is 34.0 Å². The van der Waals surface area contributed by atoms with E-state index in [1.165, 1.54) is 32.9 Å². The summed E-state index contributed by atoms with van der Waals surface area (Å²) >= 11 is 0. The molecule has 0 amide bonds. The van der Waals surface area contributed by atoms with Crippen molar-refractivity contribution in [2.75, 3.05) is 4.90 Å². The van der Waals surface area contributed by atoms with Crippen LogP contribution in [-0.4, -0.2) is 14.5 Å². The molecule has 6 aromatic carbocycles. The van der Waals surface area contributed by atoms with Gasteiger partial charge in [0, 0.05) is 51.5 Å². The molecule has 2 heterocycles. The molecule has 0 aliphatic carbocycles. The van der Waals surface area contributed by atoms with Gasteiger partial charge in [0.25, 0.3) is 0 Å². The standard InChI is InChI=1S/C40H28N4/c1-3-9-33(10-4-1)43(34-11-5-2-6-12-34)36-23-24-40-38(25-36)37-13-7-8-14-39(37)44(40)35-21-19-30(20-22-35)29-15-17-31(18-16-29)32-26-41-28-42-27-32/h1-28H. The van der Waals surface area contributed by atoms with Crippen molar-refractivity contribution in [1.82, 2.24) is 14.5 Å². The Morgan fingerprint density at radius 3 is 1.57 bits per heavy atom. The first kappa shape index (κ1) is 25.7. The quantitative estimate of drug-likeness (QED) is 0.201. The molecule has 2 aromatic heterocycles. The van der Waals surface area contributed by atoms with E-state index in [9.17, 15) is 0 Å². The lowest BCUT2D eigenvalue weighted by Crippen LogP contribution is -2.09. The van der Waals surface area contributed by atoms with Gasteiger partial charge < -0.3 is 9.47 Å². The second kappa shape index (κ2) is 11.0. The van der Waals surface area contributed by atoms with Gasteiger partial charge in [-0.05, 0) is 77.4 Å². The summed E-state index contributed by atoms with van der Waals surface area (Å²) in [6.45, 7) is 0. The van der Waals surface area contributed by atoms with Crippen LogP contribution in [0.5, 0.6) is 0 Å². The van der Waals surface area contributed by atoms with E-state index in [1.54, 1.807) is 6.33 Å². The molecule has 0 radical (unpaired) electrons. The molecule has 8 rings (SSSR count). The number of fused-ring (bicyclic) bond motifs is 3. The van der Waals surface area contributed by atoms with Crippen molar-refractivity contribution in [3.63, 3.8) is 0 Å². The van der Waals surface area contributed by atoms with Crippen molar-refractivity contribution in [3.05, 3.63) is 170 Å². The first-order valence-corrected chi connectivity index (χ1v) is 14.7. The Bertz CT molecular complexity index is 2150. The average molecular weight is 565 g/mol. The Morgan fingerprint density at radius 2 is 0.932 bits per heavy atom. The minimum Gasteiger partial charge on any atom is -0.310 e. The minimum atomic E-state index is 1.01. The molecule has 0 saturated carbocycles. The number of para-hydroxylation sites is 3. The lowest BCUT2D eigenvalue weighted by atomic mass is 10.0. The summed E-state index contributed by atoms with van der Waals surface area (Å²) in [5, 5.41) is 2.45. The van der Waals surface area contributed by atoms with Crippen LogP contribution in [0, 0.1) is 0 Å². The summed E-state index contributed by atoms with van der Waals surface area (Å²) in [7, 11) is 0. The highest BCUT2D eigenvalue weighted by molar-refractivity contribution is 6.10. The normalized spacial score (nSPS) is 11.2. The fraction of sp³-hybridized carbons (Fsp3) is 0. The molecule has 4 heteroatoms. The van der Waals surface area contributed by atoms with Crippen molar-refractivity contribution >= 4 is 38.9 Å². The summed E-state index contributed by atoms with van der Waals surface area (Å²) in [5.74, 6) is 0. The van der Waals surface area contributed by atoms with Gasteiger partial charge in [0.1, 0.15) is 6.33 Å². The predicted molar refractivity (Wildman–Crippen MR) is 182 cm³/mol. The van der Waals surface area contributed by atoms with Gasteiger partial charge in [-0.2, -0.15) is 0 Å². The van der Waals surface area contributed by atoms with Crippen molar-refractivity contribution in [3.8, 4) is 27.9 Å². The summed E-state index contributed by atoms with van der Waals surface area (Å²) < 4.78 is 2.37. The first-order chi connectivity index (χ1) is 21.8. The maximum atomic E-state index is 4.14. The van der Waals surface area contributed by atoms with Crippen molar-refractivity contribution in [2.45, 2.75) is 0 Å². The molecule has 0 atom stereocenters. The first-order valence-electron chi connectivity index (χ1n) is 14.7. The third-order valence-electron chi connectivity index (χ3n) is 8.18. The molecule has 208 valence electrons. The van der Waals surface area contributed by atoms with Gasteiger partial charge >= 0.3 is 0 Å². The summed E-state index contributed by atoms with van der Waals surface area (Å²) in [4.78, 5) is 10.6. The third-order valence-corrected chi connectivity index (χ3v) is 8.18. The number of rotatable bonds is 6. The second-order valence-corrected chi connectivity index (χ2v) is 10.8. The van der Waals surface area contributed by atoms with E-state index in [-0.39, 0.29) is 0 Å². The molecule has 8 aromatic rings. The molecule has 0 bridgehead atoms. The van der Waals surface area contributed by atoms with Gasteiger partial charge in [-0.1, -0.05) is 91.0 Å². The van der Waals surface area contributed by atoms with Gasteiger partial charge in [-0.25, -0.2) is 9.97 Å². The van der Waals surface area contributed by atoms with Gasteiger partial charge in [-0.3, -0.25) is 0 Å². The smallest absolute Gasteiger partial charge is 0.115 e. The molecule has 0 fully saturated rings. The molecule has 0 unspecified atom stereocenters. The molecule has 0 spiro atoms. The van der Waals surface area contributed by atoms with E-state index < -0.39 is 0 Å². The molecular formula is C40H28N4. The summed E-state index contributed by atoms with van der Waals surface area (Å²) in [6.07, 6.45) is 5.23.